The van der Waals surface area contributed by atoms with Crippen LogP contribution in [-0.2, 0) is 6.18 Å². The third-order valence-corrected chi connectivity index (χ3v) is 5.10. The lowest BCUT2D eigenvalue weighted by atomic mass is 9.78. The van der Waals surface area contributed by atoms with Gasteiger partial charge in [0.1, 0.15) is 0 Å². The fraction of sp³-hybridized carbons (Fsp3) is 0.600. The molecule has 1 aliphatic rings. The van der Waals surface area contributed by atoms with Gasteiger partial charge in [-0.15, -0.1) is 0 Å². The molecule has 0 saturated carbocycles. The van der Waals surface area contributed by atoms with Gasteiger partial charge in [-0.25, -0.2) is 0 Å². The first-order chi connectivity index (χ1) is 10.9. The first kappa shape index (κ1) is 18.1. The molecule has 0 saturated heterocycles. The van der Waals surface area contributed by atoms with E-state index in [1.807, 2.05) is 0 Å². The minimum atomic E-state index is -4.25. The third kappa shape index (κ3) is 5.12. The van der Waals surface area contributed by atoms with Gasteiger partial charge < -0.3 is 0 Å². The predicted octanol–water partition coefficient (Wildman–Crippen LogP) is 7.11. The predicted molar refractivity (Wildman–Crippen MR) is 90.1 cm³/mol. The van der Waals surface area contributed by atoms with E-state index < -0.39 is 11.7 Å². The third-order valence-electron chi connectivity index (χ3n) is 5.10. The molecule has 2 rings (SSSR count). The second-order valence-corrected chi connectivity index (χ2v) is 6.81. The van der Waals surface area contributed by atoms with Crippen LogP contribution in [-0.4, -0.2) is 0 Å². The summed E-state index contributed by atoms with van der Waals surface area (Å²) in [5.74, 6) is 1.47. The van der Waals surface area contributed by atoms with Crippen molar-refractivity contribution in [2.24, 2.45) is 11.8 Å². The van der Waals surface area contributed by atoms with Gasteiger partial charge >= 0.3 is 6.18 Å². The zero-order chi connectivity index (χ0) is 16.9. The average molecular weight is 324 g/mol. The van der Waals surface area contributed by atoms with Crippen molar-refractivity contribution < 1.29 is 13.2 Å². The van der Waals surface area contributed by atoms with E-state index in [9.17, 15) is 13.2 Å². The Hall–Kier alpha value is -1.25. The first-order valence-corrected chi connectivity index (χ1v) is 8.78. The van der Waals surface area contributed by atoms with E-state index in [-0.39, 0.29) is 0 Å². The summed E-state index contributed by atoms with van der Waals surface area (Å²) in [4.78, 5) is 0. The Bertz CT molecular complexity index is 511. The lowest BCUT2D eigenvalue weighted by Crippen LogP contribution is -2.14. The first-order valence-electron chi connectivity index (χ1n) is 8.78. The number of halogens is 3. The van der Waals surface area contributed by atoms with Gasteiger partial charge in [-0.2, -0.15) is 13.2 Å². The highest BCUT2D eigenvalue weighted by Crippen LogP contribution is 2.36. The van der Waals surface area contributed by atoms with E-state index in [2.05, 4.69) is 19.9 Å². The Morgan fingerprint density at radius 3 is 2.35 bits per heavy atom. The summed E-state index contributed by atoms with van der Waals surface area (Å²) in [6, 6.07) is 5.60. The van der Waals surface area contributed by atoms with Gasteiger partial charge in [0.2, 0.25) is 0 Å². The molecular weight excluding hydrogens is 297 g/mol. The van der Waals surface area contributed by atoms with Crippen LogP contribution in [0.4, 0.5) is 13.2 Å². The molecule has 128 valence electrons. The number of unbranched alkanes of at least 4 members (excludes halogenated alkanes) is 2. The van der Waals surface area contributed by atoms with Crippen LogP contribution >= 0.6 is 0 Å². The molecule has 0 nitrogen and oxygen atoms in total. The Morgan fingerprint density at radius 2 is 1.83 bits per heavy atom. The average Bonchev–Trinajstić information content (AvgIpc) is 2.54. The topological polar surface area (TPSA) is 0 Å². The summed E-state index contributed by atoms with van der Waals surface area (Å²) in [6.07, 6.45) is 6.36. The van der Waals surface area contributed by atoms with Crippen molar-refractivity contribution >= 4 is 5.57 Å². The molecule has 0 aliphatic heterocycles. The maximum absolute atomic E-state index is 12.6. The molecule has 0 aromatic heterocycles. The summed E-state index contributed by atoms with van der Waals surface area (Å²) in [5.41, 5.74) is 1.57. The molecule has 1 aliphatic carbocycles. The molecule has 0 spiro atoms. The van der Waals surface area contributed by atoms with Gasteiger partial charge in [-0.05, 0) is 54.4 Å². The molecule has 0 amide bonds. The van der Waals surface area contributed by atoms with Crippen LogP contribution in [0.5, 0.6) is 0 Å². The fourth-order valence-electron chi connectivity index (χ4n) is 3.46. The fourth-order valence-corrected chi connectivity index (χ4v) is 3.46. The van der Waals surface area contributed by atoms with Crippen LogP contribution in [0, 0.1) is 11.8 Å². The van der Waals surface area contributed by atoms with Crippen molar-refractivity contribution in [3.63, 3.8) is 0 Å². The standard InChI is InChI=1S/C20H27F3/c1-3-4-5-6-15(2)16-7-9-17(10-8-16)18-11-13-19(14-12-18)20(21,22)23/h9,11-16H,3-8,10H2,1-2H3. The second kappa shape index (κ2) is 8.03. The lowest BCUT2D eigenvalue weighted by molar-refractivity contribution is -0.137. The number of benzene rings is 1. The number of allylic oxidation sites excluding steroid dienone is 2. The Kier molecular flexibility index (Phi) is 6.32. The number of rotatable bonds is 6. The van der Waals surface area contributed by atoms with Crippen molar-refractivity contribution in [2.45, 2.75) is 65.0 Å². The SMILES string of the molecule is CCCCCC(C)C1CC=C(c2ccc(C(F)(F)F)cc2)CC1. The number of alkyl halides is 3. The van der Waals surface area contributed by atoms with Crippen molar-refractivity contribution in [1.82, 2.24) is 0 Å². The zero-order valence-electron chi connectivity index (χ0n) is 14.1. The summed E-state index contributed by atoms with van der Waals surface area (Å²) in [7, 11) is 0. The summed E-state index contributed by atoms with van der Waals surface area (Å²) < 4.78 is 37.8. The molecule has 3 heteroatoms. The monoisotopic (exact) mass is 324 g/mol. The molecule has 1 aromatic carbocycles. The molecule has 0 heterocycles. The lowest BCUT2D eigenvalue weighted by Gasteiger charge is -2.27. The van der Waals surface area contributed by atoms with E-state index in [4.69, 9.17) is 0 Å². The summed E-state index contributed by atoms with van der Waals surface area (Å²) in [5, 5.41) is 0. The summed E-state index contributed by atoms with van der Waals surface area (Å²) >= 11 is 0. The minimum Gasteiger partial charge on any atom is -0.166 e. The van der Waals surface area contributed by atoms with Crippen LogP contribution in [0.25, 0.3) is 5.57 Å². The van der Waals surface area contributed by atoms with Crippen LogP contribution < -0.4 is 0 Å². The Morgan fingerprint density at radius 1 is 1.13 bits per heavy atom. The van der Waals surface area contributed by atoms with Crippen LogP contribution in [0.3, 0.4) is 0 Å². The van der Waals surface area contributed by atoms with Gasteiger partial charge in [0, 0.05) is 0 Å². The Labute approximate surface area is 137 Å². The van der Waals surface area contributed by atoms with Gasteiger partial charge in [-0.3, -0.25) is 0 Å². The van der Waals surface area contributed by atoms with Gasteiger partial charge in [0.05, 0.1) is 5.56 Å². The number of hydrogen-bond donors (Lipinski definition) is 0. The largest absolute Gasteiger partial charge is 0.416 e. The molecule has 1 aromatic rings. The van der Waals surface area contributed by atoms with Crippen molar-refractivity contribution in [1.29, 1.82) is 0 Å². The normalized spacial score (nSPS) is 20.2. The van der Waals surface area contributed by atoms with E-state index in [1.165, 1.54) is 43.4 Å². The highest BCUT2D eigenvalue weighted by atomic mass is 19.4. The molecular formula is C20H27F3. The van der Waals surface area contributed by atoms with Crippen molar-refractivity contribution in [3.8, 4) is 0 Å². The Balaban J connectivity index is 1.93. The van der Waals surface area contributed by atoms with Crippen LogP contribution in [0.15, 0.2) is 30.3 Å². The van der Waals surface area contributed by atoms with Crippen molar-refractivity contribution in [3.05, 3.63) is 41.5 Å². The van der Waals surface area contributed by atoms with E-state index in [1.54, 1.807) is 12.1 Å². The molecule has 2 atom stereocenters. The van der Waals surface area contributed by atoms with Crippen LogP contribution in [0.2, 0.25) is 0 Å². The van der Waals surface area contributed by atoms with Crippen molar-refractivity contribution in [2.75, 3.05) is 0 Å². The maximum Gasteiger partial charge on any atom is 0.416 e. The maximum atomic E-state index is 12.6. The van der Waals surface area contributed by atoms with E-state index in [0.717, 1.165) is 36.7 Å². The smallest absolute Gasteiger partial charge is 0.166 e. The molecule has 2 unspecified atom stereocenters. The van der Waals surface area contributed by atoms with E-state index in [0.29, 0.717) is 0 Å². The summed E-state index contributed by atoms with van der Waals surface area (Å²) in [6.45, 7) is 4.57. The quantitative estimate of drug-likeness (QED) is 0.489. The highest BCUT2D eigenvalue weighted by Gasteiger charge is 2.30. The molecule has 23 heavy (non-hydrogen) atoms. The molecule has 0 fully saturated rings. The van der Waals surface area contributed by atoms with Crippen LogP contribution in [0.1, 0.15) is 69.9 Å². The van der Waals surface area contributed by atoms with E-state index >= 15 is 0 Å². The highest BCUT2D eigenvalue weighted by molar-refractivity contribution is 5.66. The minimum absolute atomic E-state index is 0.569. The second-order valence-electron chi connectivity index (χ2n) is 6.81. The zero-order valence-corrected chi connectivity index (χ0v) is 14.1. The molecule has 0 N–H and O–H groups in total. The van der Waals surface area contributed by atoms with Gasteiger partial charge in [-0.1, -0.05) is 57.7 Å². The number of hydrogen-bond acceptors (Lipinski definition) is 0. The molecule has 0 radical (unpaired) electrons. The van der Waals surface area contributed by atoms with Gasteiger partial charge in [0.25, 0.3) is 0 Å². The van der Waals surface area contributed by atoms with Gasteiger partial charge in [0.15, 0.2) is 0 Å². The molecule has 0 bridgehead atoms.